The van der Waals surface area contributed by atoms with E-state index in [9.17, 15) is 9.90 Å². The topological polar surface area (TPSA) is 55.8 Å². The van der Waals surface area contributed by atoms with Crippen molar-refractivity contribution in [2.45, 2.75) is 6.92 Å². The number of hydrogen-bond donors (Lipinski definition) is 2. The Kier molecular flexibility index (Phi) is 5.19. The van der Waals surface area contributed by atoms with E-state index >= 15 is 0 Å². The fraction of sp³-hybridized carbons (Fsp3) is 0.263. The quantitative estimate of drug-likeness (QED) is 0.652. The maximum Gasteiger partial charge on any atom is 0.173 e. The zero-order valence-corrected chi connectivity index (χ0v) is 14.9. The van der Waals surface area contributed by atoms with E-state index in [0.29, 0.717) is 10.7 Å². The average molecular weight is 355 g/mol. The van der Waals surface area contributed by atoms with Gasteiger partial charge < -0.3 is 20.2 Å². The predicted octanol–water partition coefficient (Wildman–Crippen LogP) is 3.11. The summed E-state index contributed by atoms with van der Waals surface area (Å²) in [7, 11) is 0. The molecule has 1 aliphatic rings. The van der Waals surface area contributed by atoms with Gasteiger partial charge >= 0.3 is 0 Å². The SMILES string of the molecule is CC(=O)c1ccc(NC(=S)N2CCN(c3cccc(O)c3)CC2)cc1. The van der Waals surface area contributed by atoms with Crippen LogP contribution in [0.2, 0.25) is 0 Å². The molecule has 1 heterocycles. The Morgan fingerprint density at radius 2 is 1.76 bits per heavy atom. The normalized spacial score (nSPS) is 14.3. The van der Waals surface area contributed by atoms with Crippen LogP contribution in [-0.2, 0) is 0 Å². The molecule has 25 heavy (non-hydrogen) atoms. The molecule has 1 saturated heterocycles. The number of phenols is 1. The first-order valence-electron chi connectivity index (χ1n) is 8.24. The number of phenolic OH excluding ortho intramolecular Hbond substituents is 1. The van der Waals surface area contributed by atoms with E-state index in [4.69, 9.17) is 12.2 Å². The highest BCUT2D eigenvalue weighted by Gasteiger charge is 2.19. The molecule has 0 aromatic heterocycles. The van der Waals surface area contributed by atoms with Crippen molar-refractivity contribution in [1.29, 1.82) is 0 Å². The maximum atomic E-state index is 11.3. The van der Waals surface area contributed by atoms with Crippen molar-refractivity contribution >= 4 is 34.5 Å². The summed E-state index contributed by atoms with van der Waals surface area (Å²) in [6, 6.07) is 14.6. The van der Waals surface area contributed by atoms with Gasteiger partial charge in [0.1, 0.15) is 5.75 Å². The Bertz CT molecular complexity index is 768. The number of nitrogens with one attached hydrogen (secondary N) is 1. The number of rotatable bonds is 3. The lowest BCUT2D eigenvalue weighted by atomic mass is 10.1. The van der Waals surface area contributed by atoms with Gasteiger partial charge in [-0.05, 0) is 55.5 Å². The molecule has 0 saturated carbocycles. The van der Waals surface area contributed by atoms with Crippen LogP contribution in [0.1, 0.15) is 17.3 Å². The molecule has 2 aromatic carbocycles. The van der Waals surface area contributed by atoms with Crippen molar-refractivity contribution in [2.24, 2.45) is 0 Å². The second-order valence-electron chi connectivity index (χ2n) is 6.06. The highest BCUT2D eigenvalue weighted by atomic mass is 32.1. The van der Waals surface area contributed by atoms with Crippen molar-refractivity contribution < 1.29 is 9.90 Å². The molecule has 3 rings (SSSR count). The van der Waals surface area contributed by atoms with Gasteiger partial charge in [-0.1, -0.05) is 6.07 Å². The first-order valence-corrected chi connectivity index (χ1v) is 8.64. The third-order valence-corrected chi connectivity index (χ3v) is 4.66. The van der Waals surface area contributed by atoms with Gasteiger partial charge in [-0.25, -0.2) is 0 Å². The number of hydrogen-bond acceptors (Lipinski definition) is 4. The molecule has 130 valence electrons. The third-order valence-electron chi connectivity index (χ3n) is 4.30. The van der Waals surface area contributed by atoms with Gasteiger partial charge in [-0.15, -0.1) is 0 Å². The summed E-state index contributed by atoms with van der Waals surface area (Å²) in [5.41, 5.74) is 2.60. The first kappa shape index (κ1) is 17.2. The van der Waals surface area contributed by atoms with E-state index in [2.05, 4.69) is 15.1 Å². The first-order chi connectivity index (χ1) is 12.0. The zero-order valence-electron chi connectivity index (χ0n) is 14.1. The summed E-state index contributed by atoms with van der Waals surface area (Å²) in [6.45, 7) is 4.86. The lowest BCUT2D eigenvalue weighted by Crippen LogP contribution is -2.50. The highest BCUT2D eigenvalue weighted by Crippen LogP contribution is 2.21. The number of nitrogens with zero attached hydrogens (tertiary/aromatic N) is 2. The Morgan fingerprint density at radius 3 is 2.36 bits per heavy atom. The van der Waals surface area contributed by atoms with Gasteiger partial charge in [0.2, 0.25) is 0 Å². The largest absolute Gasteiger partial charge is 0.508 e. The molecule has 0 atom stereocenters. The Hall–Kier alpha value is -2.60. The Morgan fingerprint density at radius 1 is 1.08 bits per heavy atom. The van der Waals surface area contributed by atoms with Crippen LogP contribution in [0.15, 0.2) is 48.5 Å². The Balaban J connectivity index is 1.55. The molecule has 2 N–H and O–H groups in total. The zero-order chi connectivity index (χ0) is 17.8. The van der Waals surface area contributed by atoms with E-state index < -0.39 is 0 Å². The molecule has 0 bridgehead atoms. The smallest absolute Gasteiger partial charge is 0.173 e. The lowest BCUT2D eigenvalue weighted by Gasteiger charge is -2.37. The minimum atomic E-state index is 0.0530. The van der Waals surface area contributed by atoms with E-state index in [-0.39, 0.29) is 11.5 Å². The fourth-order valence-electron chi connectivity index (χ4n) is 2.85. The van der Waals surface area contributed by atoms with Gasteiger partial charge in [-0.2, -0.15) is 0 Å². The summed E-state index contributed by atoms with van der Waals surface area (Å²) in [6.07, 6.45) is 0. The molecule has 2 aromatic rings. The van der Waals surface area contributed by atoms with E-state index in [1.165, 1.54) is 0 Å². The number of thiocarbonyl (C=S) groups is 1. The molecular formula is C19H21N3O2S. The monoisotopic (exact) mass is 355 g/mol. The summed E-state index contributed by atoms with van der Waals surface area (Å²) in [4.78, 5) is 15.7. The van der Waals surface area contributed by atoms with Crippen LogP contribution < -0.4 is 10.2 Å². The number of carbonyl (C=O) groups is 1. The fourth-order valence-corrected chi connectivity index (χ4v) is 3.15. The third kappa shape index (κ3) is 4.28. The second kappa shape index (κ2) is 7.53. The van der Waals surface area contributed by atoms with E-state index in [1.54, 1.807) is 31.2 Å². The van der Waals surface area contributed by atoms with Gasteiger partial charge in [0.25, 0.3) is 0 Å². The van der Waals surface area contributed by atoms with Crippen LogP contribution in [-0.4, -0.2) is 47.1 Å². The van der Waals surface area contributed by atoms with Crippen molar-refractivity contribution in [3.05, 3.63) is 54.1 Å². The maximum absolute atomic E-state index is 11.3. The van der Waals surface area contributed by atoms with Crippen LogP contribution in [0.3, 0.4) is 0 Å². The minimum Gasteiger partial charge on any atom is -0.508 e. The molecule has 5 nitrogen and oxygen atoms in total. The minimum absolute atomic E-state index is 0.0530. The number of Topliss-reactive ketones (excluding diaryl/α,β-unsaturated/α-hetero) is 1. The molecule has 0 aliphatic carbocycles. The van der Waals surface area contributed by atoms with Crippen LogP contribution >= 0.6 is 12.2 Å². The van der Waals surface area contributed by atoms with Crippen molar-refractivity contribution in [3.8, 4) is 5.75 Å². The number of benzene rings is 2. The summed E-state index contributed by atoms with van der Waals surface area (Å²) < 4.78 is 0. The average Bonchev–Trinajstić information content (AvgIpc) is 2.62. The van der Waals surface area contributed by atoms with Crippen molar-refractivity contribution in [1.82, 2.24) is 4.90 Å². The number of ketones is 1. The lowest BCUT2D eigenvalue weighted by molar-refractivity contribution is 0.101. The second-order valence-corrected chi connectivity index (χ2v) is 6.44. The molecule has 6 heteroatoms. The van der Waals surface area contributed by atoms with E-state index in [0.717, 1.165) is 37.6 Å². The summed E-state index contributed by atoms with van der Waals surface area (Å²) in [5.74, 6) is 0.336. The number of carbonyl (C=O) groups excluding carboxylic acids is 1. The highest BCUT2D eigenvalue weighted by molar-refractivity contribution is 7.80. The van der Waals surface area contributed by atoms with Crippen molar-refractivity contribution in [3.63, 3.8) is 0 Å². The molecule has 1 aliphatic heterocycles. The molecule has 0 unspecified atom stereocenters. The molecule has 0 spiro atoms. The number of anilines is 2. The van der Waals surface area contributed by atoms with Crippen LogP contribution in [0.25, 0.3) is 0 Å². The van der Waals surface area contributed by atoms with Gasteiger partial charge in [0.15, 0.2) is 10.9 Å². The summed E-state index contributed by atoms with van der Waals surface area (Å²) in [5, 5.41) is 13.5. The van der Waals surface area contributed by atoms with Gasteiger partial charge in [0, 0.05) is 49.2 Å². The van der Waals surface area contributed by atoms with Crippen LogP contribution in [0.5, 0.6) is 5.75 Å². The summed E-state index contributed by atoms with van der Waals surface area (Å²) >= 11 is 5.51. The predicted molar refractivity (Wildman–Crippen MR) is 105 cm³/mol. The van der Waals surface area contributed by atoms with E-state index in [1.807, 2.05) is 24.3 Å². The number of aromatic hydroxyl groups is 1. The van der Waals surface area contributed by atoms with Crippen molar-refractivity contribution in [2.75, 3.05) is 36.4 Å². The standard InChI is InChI=1S/C19H21N3O2S/c1-14(23)15-5-7-16(8-6-15)20-19(25)22-11-9-21(10-12-22)17-3-2-4-18(24)13-17/h2-8,13,24H,9-12H2,1H3,(H,20,25). The van der Waals surface area contributed by atoms with Crippen LogP contribution in [0, 0.1) is 0 Å². The number of piperazine rings is 1. The van der Waals surface area contributed by atoms with Gasteiger partial charge in [0.05, 0.1) is 0 Å². The molecule has 1 fully saturated rings. The Labute approximate surface area is 152 Å². The molecule has 0 radical (unpaired) electrons. The molecular weight excluding hydrogens is 334 g/mol. The van der Waals surface area contributed by atoms with Crippen LogP contribution in [0.4, 0.5) is 11.4 Å². The van der Waals surface area contributed by atoms with Gasteiger partial charge in [-0.3, -0.25) is 4.79 Å². The molecule has 0 amide bonds.